The van der Waals surface area contributed by atoms with Crippen LogP contribution in [0.2, 0.25) is 0 Å². The molecule has 1 aliphatic heterocycles. The molecule has 0 unspecified atom stereocenters. The van der Waals surface area contributed by atoms with Crippen molar-refractivity contribution < 1.29 is 14.2 Å². The van der Waals surface area contributed by atoms with Gasteiger partial charge in [-0.1, -0.05) is 19.4 Å². The Kier molecular flexibility index (Phi) is 7.54. The first kappa shape index (κ1) is 17.1. The number of ether oxygens (including phenoxy) is 3. The molecule has 0 saturated carbocycles. The molecule has 0 aliphatic carbocycles. The third kappa shape index (κ3) is 5.50. The Morgan fingerprint density at radius 3 is 2.86 bits per heavy atom. The first-order chi connectivity index (χ1) is 10.8. The molecule has 0 amide bonds. The smallest absolute Gasteiger partial charge is 0.161 e. The first-order valence-electron chi connectivity index (χ1n) is 8.54. The van der Waals surface area contributed by atoms with E-state index in [0.29, 0.717) is 12.7 Å². The summed E-state index contributed by atoms with van der Waals surface area (Å²) in [6.07, 6.45) is 4.93. The summed E-state index contributed by atoms with van der Waals surface area (Å²) in [7, 11) is 0. The molecule has 124 valence electrons. The monoisotopic (exact) mass is 307 g/mol. The van der Waals surface area contributed by atoms with Crippen molar-refractivity contribution in [1.82, 2.24) is 5.32 Å². The predicted molar refractivity (Wildman–Crippen MR) is 88.7 cm³/mol. The minimum Gasteiger partial charge on any atom is -0.490 e. The summed E-state index contributed by atoms with van der Waals surface area (Å²) in [5.41, 5.74) is 1.21. The second-order valence-corrected chi connectivity index (χ2v) is 5.68. The van der Waals surface area contributed by atoms with Crippen molar-refractivity contribution in [3.63, 3.8) is 0 Å². The zero-order chi connectivity index (χ0) is 15.6. The Morgan fingerprint density at radius 2 is 2.14 bits per heavy atom. The van der Waals surface area contributed by atoms with E-state index in [4.69, 9.17) is 14.2 Å². The number of benzene rings is 1. The molecule has 0 aromatic heterocycles. The summed E-state index contributed by atoms with van der Waals surface area (Å²) in [5.74, 6) is 1.69. The van der Waals surface area contributed by atoms with Gasteiger partial charge in [0.25, 0.3) is 0 Å². The molecular weight excluding hydrogens is 278 g/mol. The van der Waals surface area contributed by atoms with Crippen LogP contribution in [0.25, 0.3) is 0 Å². The maximum atomic E-state index is 5.81. The van der Waals surface area contributed by atoms with E-state index in [1.807, 2.05) is 13.0 Å². The number of hydrogen-bond acceptors (Lipinski definition) is 4. The van der Waals surface area contributed by atoms with E-state index in [0.717, 1.165) is 50.6 Å². The van der Waals surface area contributed by atoms with Crippen molar-refractivity contribution in [1.29, 1.82) is 0 Å². The maximum Gasteiger partial charge on any atom is 0.161 e. The summed E-state index contributed by atoms with van der Waals surface area (Å²) in [4.78, 5) is 0. The van der Waals surface area contributed by atoms with Crippen molar-refractivity contribution in [2.24, 2.45) is 0 Å². The van der Waals surface area contributed by atoms with Crippen molar-refractivity contribution in [3.05, 3.63) is 23.8 Å². The minimum absolute atomic E-state index is 0.378. The van der Waals surface area contributed by atoms with Crippen LogP contribution in [0, 0.1) is 0 Å². The van der Waals surface area contributed by atoms with Gasteiger partial charge < -0.3 is 19.5 Å². The zero-order valence-corrected chi connectivity index (χ0v) is 13.9. The molecule has 22 heavy (non-hydrogen) atoms. The van der Waals surface area contributed by atoms with Crippen molar-refractivity contribution in [2.75, 3.05) is 26.4 Å². The molecule has 1 atom stereocenters. The van der Waals surface area contributed by atoms with E-state index in [1.165, 1.54) is 18.4 Å². The summed E-state index contributed by atoms with van der Waals surface area (Å²) in [5, 5.41) is 3.46. The van der Waals surface area contributed by atoms with Crippen LogP contribution in [-0.2, 0) is 11.3 Å². The molecule has 1 aromatic rings. The lowest BCUT2D eigenvalue weighted by Gasteiger charge is -2.14. The number of unbranched alkanes of at least 4 members (excludes halogenated alkanes) is 1. The number of hydrogen-bond donors (Lipinski definition) is 1. The number of rotatable bonds is 10. The zero-order valence-electron chi connectivity index (χ0n) is 13.9. The quantitative estimate of drug-likeness (QED) is 0.671. The van der Waals surface area contributed by atoms with Crippen LogP contribution < -0.4 is 14.8 Å². The molecule has 0 radical (unpaired) electrons. The van der Waals surface area contributed by atoms with Gasteiger partial charge in [0.2, 0.25) is 0 Å². The van der Waals surface area contributed by atoms with Gasteiger partial charge in [-0.25, -0.2) is 0 Å². The van der Waals surface area contributed by atoms with Gasteiger partial charge in [-0.15, -0.1) is 0 Å². The molecule has 2 rings (SSSR count). The lowest BCUT2D eigenvalue weighted by molar-refractivity contribution is 0.110. The highest BCUT2D eigenvalue weighted by molar-refractivity contribution is 5.43. The van der Waals surface area contributed by atoms with E-state index in [2.05, 4.69) is 24.4 Å². The maximum absolute atomic E-state index is 5.81. The lowest BCUT2D eigenvalue weighted by Crippen LogP contribution is -2.25. The molecule has 0 spiro atoms. The molecule has 0 bridgehead atoms. The van der Waals surface area contributed by atoms with Crippen molar-refractivity contribution in [2.45, 2.75) is 52.2 Å². The second-order valence-electron chi connectivity index (χ2n) is 5.68. The molecule has 1 saturated heterocycles. The van der Waals surface area contributed by atoms with Gasteiger partial charge in [0.05, 0.1) is 19.3 Å². The average Bonchev–Trinajstić information content (AvgIpc) is 3.03. The van der Waals surface area contributed by atoms with Gasteiger partial charge in [-0.2, -0.15) is 0 Å². The van der Waals surface area contributed by atoms with E-state index in [1.54, 1.807) is 0 Å². The minimum atomic E-state index is 0.378. The normalized spacial score (nSPS) is 17.6. The Labute approximate surface area is 134 Å². The summed E-state index contributed by atoms with van der Waals surface area (Å²) >= 11 is 0. The van der Waals surface area contributed by atoms with Gasteiger partial charge in [-0.05, 0) is 43.9 Å². The van der Waals surface area contributed by atoms with E-state index in [9.17, 15) is 0 Å². The molecule has 1 heterocycles. The highest BCUT2D eigenvalue weighted by Crippen LogP contribution is 2.28. The van der Waals surface area contributed by atoms with Crippen LogP contribution in [0.4, 0.5) is 0 Å². The first-order valence-corrected chi connectivity index (χ1v) is 8.54. The standard InChI is InChI=1S/C18H29NO3/c1-3-5-10-22-17-9-8-15(12-18(17)20-4-2)13-19-14-16-7-6-11-21-16/h8-9,12,16,19H,3-7,10-11,13-14H2,1-2H3/t16-/m1/s1. The Bertz CT molecular complexity index is 430. The Balaban J connectivity index is 1.86. The fraction of sp³-hybridized carbons (Fsp3) is 0.667. The van der Waals surface area contributed by atoms with Gasteiger partial charge in [0.1, 0.15) is 0 Å². The summed E-state index contributed by atoms with van der Waals surface area (Å²) < 4.78 is 17.1. The predicted octanol–water partition coefficient (Wildman–Crippen LogP) is 3.53. The van der Waals surface area contributed by atoms with Gasteiger partial charge in [0, 0.05) is 19.7 Å². The largest absolute Gasteiger partial charge is 0.490 e. The molecule has 1 N–H and O–H groups in total. The van der Waals surface area contributed by atoms with E-state index < -0.39 is 0 Å². The van der Waals surface area contributed by atoms with Crippen molar-refractivity contribution >= 4 is 0 Å². The fourth-order valence-corrected chi connectivity index (χ4v) is 2.56. The van der Waals surface area contributed by atoms with Gasteiger partial charge in [0.15, 0.2) is 11.5 Å². The number of nitrogens with one attached hydrogen (secondary N) is 1. The van der Waals surface area contributed by atoms with Crippen LogP contribution >= 0.6 is 0 Å². The topological polar surface area (TPSA) is 39.7 Å². The van der Waals surface area contributed by atoms with Gasteiger partial charge in [-0.3, -0.25) is 0 Å². The highest BCUT2D eigenvalue weighted by atomic mass is 16.5. The summed E-state index contributed by atoms with van der Waals surface area (Å²) in [6, 6.07) is 6.20. The molecule has 4 nitrogen and oxygen atoms in total. The average molecular weight is 307 g/mol. The van der Waals surface area contributed by atoms with Gasteiger partial charge >= 0.3 is 0 Å². The fourth-order valence-electron chi connectivity index (χ4n) is 2.56. The van der Waals surface area contributed by atoms with Crippen LogP contribution in [-0.4, -0.2) is 32.5 Å². The molecule has 4 heteroatoms. The SMILES string of the molecule is CCCCOc1ccc(CNC[C@H]2CCCO2)cc1OCC. The lowest BCUT2D eigenvalue weighted by atomic mass is 10.2. The van der Waals surface area contributed by atoms with Crippen LogP contribution in [0.5, 0.6) is 11.5 Å². The second kappa shape index (κ2) is 9.70. The Morgan fingerprint density at radius 1 is 1.23 bits per heavy atom. The van der Waals surface area contributed by atoms with Crippen LogP contribution in [0.3, 0.4) is 0 Å². The van der Waals surface area contributed by atoms with Crippen LogP contribution in [0.15, 0.2) is 18.2 Å². The molecule has 1 aromatic carbocycles. The highest BCUT2D eigenvalue weighted by Gasteiger charge is 2.14. The molecular formula is C18H29NO3. The molecule has 1 fully saturated rings. The third-order valence-corrected chi connectivity index (χ3v) is 3.79. The van der Waals surface area contributed by atoms with Crippen LogP contribution in [0.1, 0.15) is 45.1 Å². The third-order valence-electron chi connectivity index (χ3n) is 3.79. The van der Waals surface area contributed by atoms with E-state index >= 15 is 0 Å². The summed E-state index contributed by atoms with van der Waals surface area (Å²) in [6.45, 7) is 8.20. The Hall–Kier alpha value is -1.26. The molecule has 1 aliphatic rings. The van der Waals surface area contributed by atoms with Crippen molar-refractivity contribution in [3.8, 4) is 11.5 Å². The van der Waals surface area contributed by atoms with E-state index in [-0.39, 0.29) is 0 Å².